The molecule has 0 aromatic heterocycles. The molecule has 2 rings (SSSR count). The Kier molecular flexibility index (Phi) is 6.09. The van der Waals surface area contributed by atoms with Crippen LogP contribution in [0.2, 0.25) is 0 Å². The summed E-state index contributed by atoms with van der Waals surface area (Å²) in [5.41, 5.74) is -0.736. The van der Waals surface area contributed by atoms with Crippen molar-refractivity contribution in [2.75, 3.05) is 13.1 Å². The lowest BCUT2D eigenvalue weighted by molar-refractivity contribution is 0.0174. The van der Waals surface area contributed by atoms with Crippen molar-refractivity contribution in [3.8, 4) is 6.07 Å². The van der Waals surface area contributed by atoms with Gasteiger partial charge < -0.3 is 19.7 Å². The number of rotatable bonds is 3. The van der Waals surface area contributed by atoms with Crippen LogP contribution in [0.4, 0.5) is 9.59 Å². The maximum absolute atomic E-state index is 12.1. The fraction of sp³-hybridized carbons (Fsp3) is 0.526. The third kappa shape index (κ3) is 5.66. The molecule has 1 fully saturated rings. The van der Waals surface area contributed by atoms with Gasteiger partial charge in [-0.3, -0.25) is 0 Å². The van der Waals surface area contributed by atoms with Crippen molar-refractivity contribution in [2.24, 2.45) is 0 Å². The summed E-state index contributed by atoms with van der Waals surface area (Å²) >= 11 is 0. The van der Waals surface area contributed by atoms with E-state index < -0.39 is 23.3 Å². The molecule has 0 bridgehead atoms. The first kappa shape index (κ1) is 19.6. The number of hydrogen-bond donors (Lipinski definition) is 1. The van der Waals surface area contributed by atoms with Crippen molar-refractivity contribution in [1.29, 1.82) is 5.26 Å². The van der Waals surface area contributed by atoms with Crippen LogP contribution in [0.1, 0.15) is 39.2 Å². The van der Waals surface area contributed by atoms with Crippen molar-refractivity contribution in [3.05, 3.63) is 35.9 Å². The summed E-state index contributed by atoms with van der Waals surface area (Å²) in [4.78, 5) is 25.7. The van der Waals surface area contributed by atoms with E-state index in [4.69, 9.17) is 9.47 Å². The lowest BCUT2D eigenvalue weighted by atomic mass is 9.89. The normalized spacial score (nSPS) is 16.3. The second-order valence-electron chi connectivity index (χ2n) is 7.35. The minimum atomic E-state index is -1.04. The second-order valence-corrected chi connectivity index (χ2v) is 7.35. The lowest BCUT2D eigenvalue weighted by Crippen LogP contribution is -2.55. The number of ether oxygens (including phenoxy) is 2. The summed E-state index contributed by atoms with van der Waals surface area (Å²) in [7, 11) is 0. The predicted octanol–water partition coefficient (Wildman–Crippen LogP) is 3.21. The molecule has 1 aromatic carbocycles. The molecule has 26 heavy (non-hydrogen) atoms. The van der Waals surface area contributed by atoms with Crippen molar-refractivity contribution >= 4 is 12.2 Å². The number of carbonyl (C=O) groups is 2. The lowest BCUT2D eigenvalue weighted by Gasteiger charge is -2.37. The first-order valence-electron chi connectivity index (χ1n) is 8.61. The van der Waals surface area contributed by atoms with E-state index in [1.807, 2.05) is 30.3 Å². The van der Waals surface area contributed by atoms with Gasteiger partial charge in [0.25, 0.3) is 0 Å². The molecule has 2 amide bonds. The third-order valence-electron chi connectivity index (χ3n) is 4.04. The number of alkyl carbamates (subject to hydrolysis) is 1. The largest absolute Gasteiger partial charge is 0.445 e. The van der Waals surface area contributed by atoms with Gasteiger partial charge in [0.05, 0.1) is 6.07 Å². The monoisotopic (exact) mass is 359 g/mol. The topological polar surface area (TPSA) is 91.7 Å². The van der Waals surface area contributed by atoms with Gasteiger partial charge in [-0.25, -0.2) is 9.59 Å². The molecule has 0 atom stereocenters. The molecule has 7 nitrogen and oxygen atoms in total. The minimum Gasteiger partial charge on any atom is -0.445 e. The van der Waals surface area contributed by atoms with E-state index in [9.17, 15) is 14.9 Å². The molecule has 0 spiro atoms. The highest BCUT2D eigenvalue weighted by molar-refractivity contribution is 5.70. The summed E-state index contributed by atoms with van der Waals surface area (Å²) in [6, 6.07) is 11.5. The Hall–Kier alpha value is -2.75. The number of nitrogens with one attached hydrogen (secondary N) is 1. The number of carbonyl (C=O) groups excluding carboxylic acids is 2. The summed E-state index contributed by atoms with van der Waals surface area (Å²) in [5.74, 6) is 0. The molecule has 1 aromatic rings. The Morgan fingerprint density at radius 3 is 2.38 bits per heavy atom. The third-order valence-corrected chi connectivity index (χ3v) is 4.04. The quantitative estimate of drug-likeness (QED) is 0.895. The van der Waals surface area contributed by atoms with Gasteiger partial charge in [-0.2, -0.15) is 5.26 Å². The van der Waals surface area contributed by atoms with Gasteiger partial charge in [0.15, 0.2) is 0 Å². The molecule has 1 heterocycles. The Bertz CT molecular complexity index is 668. The Balaban J connectivity index is 1.85. The van der Waals surface area contributed by atoms with Crippen LogP contribution in [0.5, 0.6) is 0 Å². The zero-order valence-electron chi connectivity index (χ0n) is 15.4. The van der Waals surface area contributed by atoms with Gasteiger partial charge in [0, 0.05) is 25.9 Å². The molecular formula is C19H25N3O4. The maximum atomic E-state index is 12.1. The number of benzene rings is 1. The predicted molar refractivity (Wildman–Crippen MR) is 95.1 cm³/mol. The highest BCUT2D eigenvalue weighted by Gasteiger charge is 2.39. The smallest absolute Gasteiger partial charge is 0.410 e. The molecule has 1 aliphatic heterocycles. The fourth-order valence-corrected chi connectivity index (χ4v) is 2.62. The van der Waals surface area contributed by atoms with E-state index in [0.29, 0.717) is 25.9 Å². The molecule has 7 heteroatoms. The van der Waals surface area contributed by atoms with Crippen molar-refractivity contribution in [2.45, 2.75) is 51.4 Å². The Morgan fingerprint density at radius 1 is 1.23 bits per heavy atom. The molecule has 0 aliphatic carbocycles. The number of nitrogens with zero attached hydrogens (tertiary/aromatic N) is 2. The van der Waals surface area contributed by atoms with Gasteiger partial charge in [-0.05, 0) is 26.3 Å². The van der Waals surface area contributed by atoms with E-state index in [0.717, 1.165) is 5.56 Å². The average Bonchev–Trinajstić information content (AvgIpc) is 2.60. The molecule has 1 aliphatic rings. The standard InChI is InChI=1S/C19H25N3O4/c1-18(2,3)26-17(24)22-11-9-19(14-20,10-12-22)21-16(23)25-13-15-7-5-4-6-8-15/h4-8H,9-13H2,1-3H3,(H,21,23). The van der Waals surface area contributed by atoms with E-state index in [-0.39, 0.29) is 6.61 Å². The fourth-order valence-electron chi connectivity index (χ4n) is 2.62. The van der Waals surface area contributed by atoms with Crippen LogP contribution >= 0.6 is 0 Å². The minimum absolute atomic E-state index is 0.137. The summed E-state index contributed by atoms with van der Waals surface area (Å²) in [5, 5.41) is 12.2. The molecule has 140 valence electrons. The van der Waals surface area contributed by atoms with Crippen LogP contribution in [0, 0.1) is 11.3 Å². The SMILES string of the molecule is CC(C)(C)OC(=O)N1CCC(C#N)(NC(=O)OCc2ccccc2)CC1. The van der Waals surface area contributed by atoms with Crippen LogP contribution in [0.15, 0.2) is 30.3 Å². The molecule has 0 unspecified atom stereocenters. The van der Waals surface area contributed by atoms with Crippen LogP contribution in [-0.2, 0) is 16.1 Å². The van der Waals surface area contributed by atoms with Crippen molar-refractivity contribution < 1.29 is 19.1 Å². The first-order chi connectivity index (χ1) is 12.2. The molecule has 1 saturated heterocycles. The summed E-state index contributed by atoms with van der Waals surface area (Å²) in [6.07, 6.45) is -0.399. The van der Waals surface area contributed by atoms with Gasteiger partial charge >= 0.3 is 12.2 Å². The molecule has 0 radical (unpaired) electrons. The van der Waals surface area contributed by atoms with E-state index in [1.54, 1.807) is 25.7 Å². The van der Waals surface area contributed by atoms with Gasteiger partial charge in [0.1, 0.15) is 17.7 Å². The zero-order chi connectivity index (χ0) is 19.2. The molecular weight excluding hydrogens is 334 g/mol. The number of nitriles is 1. The average molecular weight is 359 g/mol. The number of amides is 2. The van der Waals surface area contributed by atoms with E-state index >= 15 is 0 Å². The zero-order valence-corrected chi connectivity index (χ0v) is 15.4. The highest BCUT2D eigenvalue weighted by Crippen LogP contribution is 2.23. The Morgan fingerprint density at radius 2 is 1.85 bits per heavy atom. The van der Waals surface area contributed by atoms with Crippen molar-refractivity contribution in [3.63, 3.8) is 0 Å². The maximum Gasteiger partial charge on any atom is 0.410 e. The van der Waals surface area contributed by atoms with E-state index in [1.165, 1.54) is 0 Å². The van der Waals surface area contributed by atoms with Gasteiger partial charge in [-0.1, -0.05) is 30.3 Å². The number of hydrogen-bond acceptors (Lipinski definition) is 5. The molecule has 1 N–H and O–H groups in total. The number of likely N-dealkylation sites (tertiary alicyclic amines) is 1. The van der Waals surface area contributed by atoms with Gasteiger partial charge in [0.2, 0.25) is 0 Å². The van der Waals surface area contributed by atoms with Crippen LogP contribution in [0.25, 0.3) is 0 Å². The number of piperidine rings is 1. The van der Waals surface area contributed by atoms with Crippen LogP contribution < -0.4 is 5.32 Å². The molecule has 0 saturated carbocycles. The van der Waals surface area contributed by atoms with Crippen LogP contribution in [-0.4, -0.2) is 41.3 Å². The van der Waals surface area contributed by atoms with E-state index in [2.05, 4.69) is 11.4 Å². The summed E-state index contributed by atoms with van der Waals surface area (Å²) < 4.78 is 10.5. The van der Waals surface area contributed by atoms with Crippen LogP contribution in [0.3, 0.4) is 0 Å². The van der Waals surface area contributed by atoms with Gasteiger partial charge in [-0.15, -0.1) is 0 Å². The first-order valence-corrected chi connectivity index (χ1v) is 8.61. The highest BCUT2D eigenvalue weighted by atomic mass is 16.6. The second kappa shape index (κ2) is 8.09. The summed E-state index contributed by atoms with van der Waals surface area (Å²) in [6.45, 7) is 6.22. The van der Waals surface area contributed by atoms with Crippen molar-refractivity contribution in [1.82, 2.24) is 10.2 Å². The Labute approximate surface area is 153 Å².